The lowest BCUT2D eigenvalue weighted by Gasteiger charge is -1.97. The Bertz CT molecular complexity index is 1050. The average Bonchev–Trinajstić information content (AvgIpc) is 3.14. The van der Waals surface area contributed by atoms with Crippen LogP contribution in [0.25, 0.3) is 33.9 Å². The number of benzene rings is 2. The third-order valence-electron chi connectivity index (χ3n) is 3.87. The van der Waals surface area contributed by atoms with E-state index in [-0.39, 0.29) is 5.69 Å². The largest absolute Gasteiger partial charge is 0.416 e. The number of imidazole rings is 1. The highest BCUT2D eigenvalue weighted by molar-refractivity contribution is 5.80. The molecule has 4 rings (SSSR count). The average molecular weight is 306 g/mol. The van der Waals surface area contributed by atoms with Crippen molar-refractivity contribution in [1.82, 2.24) is 19.7 Å². The Morgan fingerprint density at radius 1 is 1.00 bits per heavy atom. The number of H-pyrrole nitrogens is 1. The van der Waals surface area contributed by atoms with E-state index >= 15 is 0 Å². The molecule has 0 saturated carbocycles. The number of aromatic nitrogens is 4. The first-order valence-corrected chi connectivity index (χ1v) is 7.21. The van der Waals surface area contributed by atoms with Crippen molar-refractivity contribution in [3.63, 3.8) is 0 Å². The lowest BCUT2D eigenvalue weighted by Crippen LogP contribution is -2.11. The first-order chi connectivity index (χ1) is 11.1. The first kappa shape index (κ1) is 13.5. The quantitative estimate of drug-likeness (QED) is 0.618. The van der Waals surface area contributed by atoms with Crippen molar-refractivity contribution >= 4 is 11.0 Å². The van der Waals surface area contributed by atoms with Crippen LogP contribution in [0.4, 0.5) is 0 Å². The van der Waals surface area contributed by atoms with Crippen LogP contribution in [0.15, 0.2) is 51.7 Å². The lowest BCUT2D eigenvalue weighted by molar-refractivity contribution is 0.584. The zero-order chi connectivity index (χ0) is 16.0. The highest BCUT2D eigenvalue weighted by Crippen LogP contribution is 2.25. The molecule has 0 aliphatic carbocycles. The van der Waals surface area contributed by atoms with Gasteiger partial charge >= 0.3 is 5.69 Å². The maximum Gasteiger partial charge on any atom is 0.326 e. The number of nitrogens with one attached hydrogen (secondary N) is 1. The number of nitrogens with zero attached hydrogens (tertiary/aromatic N) is 3. The second kappa shape index (κ2) is 4.95. The number of aryl methyl sites for hydroxylation is 2. The van der Waals surface area contributed by atoms with Gasteiger partial charge in [-0.15, -0.1) is 10.2 Å². The summed E-state index contributed by atoms with van der Waals surface area (Å²) in [6.07, 6.45) is 0. The summed E-state index contributed by atoms with van der Waals surface area (Å²) in [5, 5.41) is 8.21. The van der Waals surface area contributed by atoms with Crippen molar-refractivity contribution in [2.24, 2.45) is 7.05 Å². The summed E-state index contributed by atoms with van der Waals surface area (Å²) >= 11 is 0. The molecular weight excluding hydrogens is 292 g/mol. The Morgan fingerprint density at radius 2 is 1.65 bits per heavy atom. The molecule has 6 nitrogen and oxygen atoms in total. The summed E-state index contributed by atoms with van der Waals surface area (Å²) in [5.41, 5.74) is 4.24. The molecular formula is C17H14N4O2. The highest BCUT2D eigenvalue weighted by atomic mass is 16.4. The van der Waals surface area contributed by atoms with Crippen LogP contribution in [0, 0.1) is 6.92 Å². The van der Waals surface area contributed by atoms with Crippen LogP contribution in [0.3, 0.4) is 0 Å². The molecule has 0 atom stereocenters. The molecule has 0 unspecified atom stereocenters. The molecule has 2 heterocycles. The van der Waals surface area contributed by atoms with Gasteiger partial charge in [0.25, 0.3) is 0 Å². The molecule has 0 radical (unpaired) electrons. The van der Waals surface area contributed by atoms with Gasteiger partial charge in [-0.3, -0.25) is 4.57 Å². The fraction of sp³-hybridized carbons (Fsp3) is 0.118. The molecule has 0 amide bonds. The number of hydrogen-bond donors (Lipinski definition) is 1. The molecule has 2 aromatic carbocycles. The molecule has 1 N–H and O–H groups in total. The van der Waals surface area contributed by atoms with Crippen molar-refractivity contribution in [1.29, 1.82) is 0 Å². The minimum Gasteiger partial charge on any atom is -0.416 e. The molecule has 114 valence electrons. The van der Waals surface area contributed by atoms with E-state index in [1.54, 1.807) is 11.6 Å². The Labute approximate surface area is 131 Å². The van der Waals surface area contributed by atoms with Crippen LogP contribution >= 0.6 is 0 Å². The summed E-state index contributed by atoms with van der Waals surface area (Å²) in [6, 6.07) is 13.5. The van der Waals surface area contributed by atoms with E-state index in [4.69, 9.17) is 4.42 Å². The van der Waals surface area contributed by atoms with Crippen LogP contribution in [0.5, 0.6) is 0 Å². The van der Waals surface area contributed by atoms with Gasteiger partial charge in [0.1, 0.15) is 0 Å². The second-order valence-corrected chi connectivity index (χ2v) is 5.50. The van der Waals surface area contributed by atoms with Gasteiger partial charge in [-0.2, -0.15) is 0 Å². The van der Waals surface area contributed by atoms with Crippen molar-refractivity contribution in [3.8, 4) is 22.9 Å². The smallest absolute Gasteiger partial charge is 0.326 e. The second-order valence-electron chi connectivity index (χ2n) is 5.50. The molecule has 4 aromatic rings. The molecule has 0 bridgehead atoms. The first-order valence-electron chi connectivity index (χ1n) is 7.21. The van der Waals surface area contributed by atoms with E-state index in [1.165, 1.54) is 5.56 Å². The van der Waals surface area contributed by atoms with E-state index in [0.29, 0.717) is 11.8 Å². The fourth-order valence-corrected chi connectivity index (χ4v) is 2.52. The molecule has 0 fully saturated rings. The summed E-state index contributed by atoms with van der Waals surface area (Å²) in [4.78, 5) is 14.5. The maximum atomic E-state index is 11.7. The minimum atomic E-state index is -0.150. The molecule has 0 aliphatic heterocycles. The highest BCUT2D eigenvalue weighted by Gasteiger charge is 2.12. The number of aromatic amines is 1. The molecule has 0 saturated heterocycles. The zero-order valence-corrected chi connectivity index (χ0v) is 12.7. The van der Waals surface area contributed by atoms with Crippen molar-refractivity contribution in [2.45, 2.75) is 6.92 Å². The van der Waals surface area contributed by atoms with Gasteiger partial charge in [0.05, 0.1) is 11.0 Å². The molecule has 0 spiro atoms. The van der Waals surface area contributed by atoms with E-state index in [2.05, 4.69) is 15.2 Å². The number of rotatable bonds is 2. The predicted molar refractivity (Wildman–Crippen MR) is 87.0 cm³/mol. The summed E-state index contributed by atoms with van der Waals surface area (Å²) in [6.45, 7) is 2.03. The van der Waals surface area contributed by atoms with Gasteiger partial charge in [0.2, 0.25) is 11.8 Å². The van der Waals surface area contributed by atoms with E-state index in [1.807, 2.05) is 49.4 Å². The van der Waals surface area contributed by atoms with Crippen molar-refractivity contribution in [2.75, 3.05) is 0 Å². The van der Waals surface area contributed by atoms with Gasteiger partial charge in [-0.25, -0.2) is 4.79 Å². The van der Waals surface area contributed by atoms with E-state index < -0.39 is 0 Å². The van der Waals surface area contributed by atoms with Gasteiger partial charge in [0, 0.05) is 18.2 Å². The van der Waals surface area contributed by atoms with Crippen molar-refractivity contribution in [3.05, 3.63) is 58.5 Å². The SMILES string of the molecule is Cc1ccc(-c2nnc(-c3ccc4c(c3)[nH]c(=O)n4C)o2)cc1. The van der Waals surface area contributed by atoms with Crippen LogP contribution in [0.1, 0.15) is 5.56 Å². The molecule has 0 aliphatic rings. The molecule has 2 aromatic heterocycles. The standard InChI is InChI=1S/C17H14N4O2/c1-10-3-5-11(6-4-10)15-19-20-16(23-15)12-7-8-14-13(9-12)18-17(22)21(14)2/h3-9H,1-2H3,(H,18,22). The Hall–Kier alpha value is -3.15. The normalized spacial score (nSPS) is 11.2. The van der Waals surface area contributed by atoms with Gasteiger partial charge in [-0.05, 0) is 37.3 Å². The number of hydrogen-bond acceptors (Lipinski definition) is 4. The lowest BCUT2D eigenvalue weighted by atomic mass is 10.1. The molecule has 23 heavy (non-hydrogen) atoms. The Morgan fingerprint density at radius 3 is 2.39 bits per heavy atom. The number of fused-ring (bicyclic) bond motifs is 1. The minimum absolute atomic E-state index is 0.150. The monoisotopic (exact) mass is 306 g/mol. The third-order valence-corrected chi connectivity index (χ3v) is 3.87. The third kappa shape index (κ3) is 2.24. The fourth-order valence-electron chi connectivity index (χ4n) is 2.52. The van der Waals surface area contributed by atoms with E-state index in [0.717, 1.165) is 22.2 Å². The van der Waals surface area contributed by atoms with Gasteiger partial charge in [0.15, 0.2) is 0 Å². The van der Waals surface area contributed by atoms with E-state index in [9.17, 15) is 4.79 Å². The summed E-state index contributed by atoms with van der Waals surface area (Å²) in [7, 11) is 1.73. The van der Waals surface area contributed by atoms with Gasteiger partial charge < -0.3 is 9.40 Å². The summed E-state index contributed by atoms with van der Waals surface area (Å²) < 4.78 is 7.32. The predicted octanol–water partition coefficient (Wildman–Crippen LogP) is 2.89. The molecule has 6 heteroatoms. The topological polar surface area (TPSA) is 76.7 Å². The zero-order valence-electron chi connectivity index (χ0n) is 12.7. The van der Waals surface area contributed by atoms with Crippen LogP contribution in [0.2, 0.25) is 0 Å². The van der Waals surface area contributed by atoms with Gasteiger partial charge in [-0.1, -0.05) is 17.7 Å². The maximum absolute atomic E-state index is 11.7. The van der Waals surface area contributed by atoms with Crippen LogP contribution in [-0.2, 0) is 7.05 Å². The summed E-state index contributed by atoms with van der Waals surface area (Å²) in [5.74, 6) is 0.897. The Balaban J connectivity index is 1.76. The van der Waals surface area contributed by atoms with Crippen LogP contribution < -0.4 is 5.69 Å². The van der Waals surface area contributed by atoms with Crippen molar-refractivity contribution < 1.29 is 4.42 Å². The van der Waals surface area contributed by atoms with Crippen LogP contribution in [-0.4, -0.2) is 19.7 Å². The Kier molecular flexibility index (Phi) is 2.90.